The molecule has 14 heavy (non-hydrogen) atoms. The lowest BCUT2D eigenvalue weighted by atomic mass is 10.0. The molecule has 0 aliphatic heterocycles. The second-order valence-corrected chi connectivity index (χ2v) is 2.99. The summed E-state index contributed by atoms with van der Waals surface area (Å²) in [7, 11) is 1.50. The van der Waals surface area contributed by atoms with Gasteiger partial charge in [0.15, 0.2) is 5.78 Å². The van der Waals surface area contributed by atoms with Crippen LogP contribution >= 0.6 is 0 Å². The van der Waals surface area contributed by atoms with Gasteiger partial charge in [-0.15, -0.1) is 0 Å². The van der Waals surface area contributed by atoms with Crippen molar-refractivity contribution in [1.29, 1.82) is 0 Å². The predicted molar refractivity (Wildman–Crippen MR) is 53.6 cm³/mol. The van der Waals surface area contributed by atoms with E-state index in [1.165, 1.54) is 7.11 Å². The Morgan fingerprint density at radius 1 is 1.50 bits per heavy atom. The maximum absolute atomic E-state index is 11.6. The van der Waals surface area contributed by atoms with Crippen molar-refractivity contribution in [2.75, 3.05) is 7.11 Å². The van der Waals surface area contributed by atoms with Crippen LogP contribution in [0.25, 0.3) is 0 Å². The van der Waals surface area contributed by atoms with Crippen LogP contribution in [0.1, 0.15) is 23.7 Å². The molecule has 0 spiro atoms. The summed E-state index contributed by atoms with van der Waals surface area (Å²) < 4.78 is 5.03. The highest BCUT2D eigenvalue weighted by molar-refractivity contribution is 6.01. The van der Waals surface area contributed by atoms with E-state index in [2.05, 4.69) is 0 Å². The number of benzene rings is 1. The fraction of sp³-hybridized carbons (Fsp3) is 0.364. The number of carbonyl (C=O) groups is 1. The van der Waals surface area contributed by atoms with E-state index in [1.807, 2.05) is 0 Å². The van der Waals surface area contributed by atoms with Gasteiger partial charge < -0.3 is 9.84 Å². The van der Waals surface area contributed by atoms with Crippen molar-refractivity contribution in [2.24, 2.45) is 0 Å². The van der Waals surface area contributed by atoms with Gasteiger partial charge in [0, 0.05) is 0 Å². The largest absolute Gasteiger partial charge is 0.496 e. The molecule has 0 heterocycles. The highest BCUT2D eigenvalue weighted by Crippen LogP contribution is 2.19. The van der Waals surface area contributed by atoms with Gasteiger partial charge in [-0.2, -0.15) is 0 Å². The van der Waals surface area contributed by atoms with E-state index in [-0.39, 0.29) is 5.78 Å². The molecule has 0 aliphatic rings. The Balaban J connectivity index is 3.00. The zero-order valence-corrected chi connectivity index (χ0v) is 8.36. The number of aliphatic hydroxyl groups excluding tert-OH is 1. The third kappa shape index (κ3) is 2.12. The molecule has 0 bridgehead atoms. The van der Waals surface area contributed by atoms with Crippen molar-refractivity contribution in [3.05, 3.63) is 29.8 Å². The van der Waals surface area contributed by atoms with Crippen LogP contribution in [0.4, 0.5) is 0 Å². The topological polar surface area (TPSA) is 46.5 Å². The molecule has 0 amide bonds. The Labute approximate surface area is 83.3 Å². The Morgan fingerprint density at radius 2 is 2.14 bits per heavy atom. The molecular formula is C11H14O3. The fourth-order valence-corrected chi connectivity index (χ4v) is 1.21. The normalized spacial score (nSPS) is 12.2. The Morgan fingerprint density at radius 3 is 2.71 bits per heavy atom. The van der Waals surface area contributed by atoms with Gasteiger partial charge in [0.25, 0.3) is 0 Å². The number of carbonyl (C=O) groups excluding carboxylic acids is 1. The first-order valence-corrected chi connectivity index (χ1v) is 4.56. The van der Waals surface area contributed by atoms with E-state index in [0.717, 1.165) is 0 Å². The zero-order chi connectivity index (χ0) is 10.6. The van der Waals surface area contributed by atoms with Crippen molar-refractivity contribution >= 4 is 5.78 Å². The summed E-state index contributed by atoms with van der Waals surface area (Å²) in [6.45, 7) is 1.76. The standard InChI is InChI=1S/C11H14O3/c1-3-9(12)11(13)8-6-4-5-7-10(8)14-2/h4-7,9,12H,3H2,1-2H3. The smallest absolute Gasteiger partial charge is 0.194 e. The molecule has 76 valence electrons. The van der Waals surface area contributed by atoms with Crippen LogP contribution in [0.3, 0.4) is 0 Å². The molecule has 1 atom stereocenters. The number of aliphatic hydroxyl groups is 1. The first-order valence-electron chi connectivity index (χ1n) is 4.56. The summed E-state index contributed by atoms with van der Waals surface area (Å²) in [6, 6.07) is 6.89. The van der Waals surface area contributed by atoms with Gasteiger partial charge in [-0.1, -0.05) is 19.1 Å². The Bertz CT molecular complexity index is 320. The first-order chi connectivity index (χ1) is 6.70. The molecule has 1 aromatic rings. The predicted octanol–water partition coefficient (Wildman–Crippen LogP) is 1.65. The molecule has 3 nitrogen and oxygen atoms in total. The zero-order valence-electron chi connectivity index (χ0n) is 8.36. The molecule has 0 fully saturated rings. The average Bonchev–Trinajstić information content (AvgIpc) is 2.26. The summed E-state index contributed by atoms with van der Waals surface area (Å²) >= 11 is 0. The van der Waals surface area contributed by atoms with Crippen LogP contribution < -0.4 is 4.74 Å². The number of para-hydroxylation sites is 1. The molecule has 0 saturated carbocycles. The van der Waals surface area contributed by atoms with E-state index in [0.29, 0.717) is 17.7 Å². The molecular weight excluding hydrogens is 180 g/mol. The number of Topliss-reactive ketones (excluding diaryl/α,β-unsaturated/α-hetero) is 1. The number of hydrogen-bond donors (Lipinski definition) is 1. The lowest BCUT2D eigenvalue weighted by molar-refractivity contribution is 0.0737. The summed E-state index contributed by atoms with van der Waals surface area (Å²) in [6.07, 6.45) is -0.525. The second kappa shape index (κ2) is 4.77. The van der Waals surface area contributed by atoms with Crippen molar-refractivity contribution in [3.8, 4) is 5.75 Å². The summed E-state index contributed by atoms with van der Waals surface area (Å²) in [5.41, 5.74) is 0.435. The van der Waals surface area contributed by atoms with Gasteiger partial charge in [0.05, 0.1) is 12.7 Å². The van der Waals surface area contributed by atoms with Gasteiger partial charge in [0.1, 0.15) is 11.9 Å². The Hall–Kier alpha value is -1.35. The van der Waals surface area contributed by atoms with E-state index < -0.39 is 6.10 Å². The molecule has 1 rings (SSSR count). The lowest BCUT2D eigenvalue weighted by Crippen LogP contribution is -2.19. The highest BCUT2D eigenvalue weighted by atomic mass is 16.5. The van der Waals surface area contributed by atoms with Crippen LogP contribution in [0.2, 0.25) is 0 Å². The second-order valence-electron chi connectivity index (χ2n) is 2.99. The summed E-state index contributed by atoms with van der Waals surface area (Å²) in [5.74, 6) is 0.218. The third-order valence-corrected chi connectivity index (χ3v) is 2.06. The van der Waals surface area contributed by atoms with Gasteiger partial charge >= 0.3 is 0 Å². The molecule has 3 heteroatoms. The lowest BCUT2D eigenvalue weighted by Gasteiger charge is -2.10. The van der Waals surface area contributed by atoms with Crippen LogP contribution in [0.15, 0.2) is 24.3 Å². The first kappa shape index (κ1) is 10.7. The third-order valence-electron chi connectivity index (χ3n) is 2.06. The number of hydrogen-bond acceptors (Lipinski definition) is 3. The van der Waals surface area contributed by atoms with E-state index in [4.69, 9.17) is 4.74 Å². The molecule has 0 radical (unpaired) electrons. The van der Waals surface area contributed by atoms with Crippen LogP contribution in [-0.4, -0.2) is 24.1 Å². The van der Waals surface area contributed by atoms with Crippen molar-refractivity contribution in [1.82, 2.24) is 0 Å². The average molecular weight is 194 g/mol. The molecule has 1 unspecified atom stereocenters. The van der Waals surface area contributed by atoms with Gasteiger partial charge in [-0.3, -0.25) is 4.79 Å². The van der Waals surface area contributed by atoms with E-state index in [1.54, 1.807) is 31.2 Å². The highest BCUT2D eigenvalue weighted by Gasteiger charge is 2.18. The number of ketones is 1. The molecule has 0 aromatic heterocycles. The van der Waals surface area contributed by atoms with E-state index >= 15 is 0 Å². The van der Waals surface area contributed by atoms with Gasteiger partial charge in [-0.25, -0.2) is 0 Å². The SMILES string of the molecule is CCC(O)C(=O)c1ccccc1OC. The number of methoxy groups -OCH3 is 1. The maximum atomic E-state index is 11.6. The van der Waals surface area contributed by atoms with Crippen molar-refractivity contribution in [2.45, 2.75) is 19.4 Å². The Kier molecular flexibility index (Phi) is 3.65. The monoisotopic (exact) mass is 194 g/mol. The van der Waals surface area contributed by atoms with Crippen LogP contribution in [-0.2, 0) is 0 Å². The minimum atomic E-state index is -0.939. The molecule has 1 aromatic carbocycles. The summed E-state index contributed by atoms with van der Waals surface area (Å²) in [5, 5.41) is 9.39. The minimum absolute atomic E-state index is 0.287. The minimum Gasteiger partial charge on any atom is -0.496 e. The number of rotatable bonds is 4. The van der Waals surface area contributed by atoms with Crippen LogP contribution in [0, 0.1) is 0 Å². The van der Waals surface area contributed by atoms with E-state index in [9.17, 15) is 9.90 Å². The van der Waals surface area contributed by atoms with Crippen molar-refractivity contribution in [3.63, 3.8) is 0 Å². The quantitative estimate of drug-likeness (QED) is 0.741. The van der Waals surface area contributed by atoms with Gasteiger partial charge in [0.2, 0.25) is 0 Å². The van der Waals surface area contributed by atoms with Crippen LogP contribution in [0.5, 0.6) is 5.75 Å². The molecule has 1 N–H and O–H groups in total. The van der Waals surface area contributed by atoms with Gasteiger partial charge in [-0.05, 0) is 18.6 Å². The fourth-order valence-electron chi connectivity index (χ4n) is 1.21. The molecule has 0 saturated heterocycles. The molecule has 0 aliphatic carbocycles. The van der Waals surface area contributed by atoms with Crippen molar-refractivity contribution < 1.29 is 14.6 Å². The summed E-state index contributed by atoms with van der Waals surface area (Å²) in [4.78, 5) is 11.6. The maximum Gasteiger partial charge on any atom is 0.194 e. The number of ether oxygens (including phenoxy) is 1.